The molecule has 2 amide bonds. The first-order valence-corrected chi connectivity index (χ1v) is 11.7. The molecule has 2 aromatic carbocycles. The van der Waals surface area contributed by atoms with Crippen LogP contribution in [0.25, 0.3) is 11.4 Å². The van der Waals surface area contributed by atoms with E-state index >= 15 is 0 Å². The number of hydrogen-bond donors (Lipinski definition) is 1. The molecule has 36 heavy (non-hydrogen) atoms. The fourth-order valence-corrected chi connectivity index (χ4v) is 3.84. The third-order valence-electron chi connectivity index (χ3n) is 5.51. The minimum absolute atomic E-state index is 0.140. The van der Waals surface area contributed by atoms with Crippen LogP contribution in [0.4, 0.5) is 4.39 Å². The second-order valence-electron chi connectivity index (χ2n) is 9.52. The number of nitrogens with one attached hydrogen (secondary N) is 1. The van der Waals surface area contributed by atoms with Crippen molar-refractivity contribution in [2.45, 2.75) is 58.8 Å². The summed E-state index contributed by atoms with van der Waals surface area (Å²) in [6.07, 6.45) is 0.407. The molecule has 2 heterocycles. The number of fused-ring (bicyclic) bond motifs is 1. The van der Waals surface area contributed by atoms with Crippen LogP contribution in [0, 0.1) is 5.82 Å². The summed E-state index contributed by atoms with van der Waals surface area (Å²) in [5.74, 6) is 0.509. The number of tetrazole rings is 1. The predicted molar refractivity (Wildman–Crippen MR) is 128 cm³/mol. The summed E-state index contributed by atoms with van der Waals surface area (Å²) in [5, 5.41) is 15.2. The number of aromatic nitrogens is 4. The van der Waals surface area contributed by atoms with Gasteiger partial charge < -0.3 is 19.7 Å². The van der Waals surface area contributed by atoms with Crippen molar-refractivity contribution in [1.29, 1.82) is 0 Å². The van der Waals surface area contributed by atoms with Gasteiger partial charge in [0, 0.05) is 17.6 Å². The van der Waals surface area contributed by atoms with Crippen LogP contribution < -0.4 is 14.8 Å². The van der Waals surface area contributed by atoms with Crippen molar-refractivity contribution in [3.63, 3.8) is 0 Å². The van der Waals surface area contributed by atoms with Gasteiger partial charge in [0.25, 0.3) is 0 Å². The molecule has 0 aliphatic carbocycles. The normalized spacial score (nSPS) is 13.4. The average Bonchev–Trinajstić information content (AvgIpc) is 3.47. The number of ether oxygens (including phenoxy) is 2. The topological polar surface area (TPSA) is 111 Å². The van der Waals surface area contributed by atoms with Crippen molar-refractivity contribution in [1.82, 2.24) is 30.4 Å². The number of nitrogens with zero attached hydrogens (tertiary/aromatic N) is 5. The lowest BCUT2D eigenvalue weighted by molar-refractivity contribution is -0.142. The number of amides is 2. The van der Waals surface area contributed by atoms with Gasteiger partial charge in [-0.3, -0.25) is 9.59 Å². The lowest BCUT2D eigenvalue weighted by Gasteiger charge is -2.33. The Kier molecular flexibility index (Phi) is 7.18. The van der Waals surface area contributed by atoms with Gasteiger partial charge in [-0.05, 0) is 74.4 Å². The summed E-state index contributed by atoms with van der Waals surface area (Å²) >= 11 is 0. The van der Waals surface area contributed by atoms with E-state index in [0.29, 0.717) is 23.5 Å². The third kappa shape index (κ3) is 5.96. The highest BCUT2D eigenvalue weighted by Gasteiger charge is 2.31. The minimum atomic E-state index is -0.720. The monoisotopic (exact) mass is 496 g/mol. The van der Waals surface area contributed by atoms with Crippen LogP contribution >= 0.6 is 0 Å². The van der Waals surface area contributed by atoms with E-state index in [1.54, 1.807) is 12.1 Å². The van der Waals surface area contributed by atoms with E-state index in [4.69, 9.17) is 9.47 Å². The molecule has 1 aliphatic rings. The minimum Gasteiger partial charge on any atom is -0.454 e. The molecule has 0 fully saturated rings. The summed E-state index contributed by atoms with van der Waals surface area (Å²) in [6.45, 7) is 7.60. The summed E-state index contributed by atoms with van der Waals surface area (Å²) in [7, 11) is 0. The Bertz CT molecular complexity index is 1240. The second-order valence-corrected chi connectivity index (χ2v) is 9.52. The van der Waals surface area contributed by atoms with Crippen LogP contribution in [0.1, 0.15) is 39.7 Å². The highest BCUT2D eigenvalue weighted by atomic mass is 19.1. The van der Waals surface area contributed by atoms with E-state index in [0.717, 1.165) is 5.56 Å². The molecule has 4 rings (SSSR count). The van der Waals surface area contributed by atoms with Crippen LogP contribution in [-0.4, -0.2) is 55.3 Å². The first-order chi connectivity index (χ1) is 17.1. The number of rotatable bonds is 8. The van der Waals surface area contributed by atoms with E-state index in [1.807, 2.05) is 33.8 Å². The maximum absolute atomic E-state index is 13.5. The Morgan fingerprint density at radius 2 is 1.86 bits per heavy atom. The molecule has 1 N–H and O–H groups in total. The highest BCUT2D eigenvalue weighted by Crippen LogP contribution is 2.33. The van der Waals surface area contributed by atoms with Gasteiger partial charge in [0.05, 0.1) is 0 Å². The third-order valence-corrected chi connectivity index (χ3v) is 5.51. The van der Waals surface area contributed by atoms with Crippen molar-refractivity contribution in [2.24, 2.45) is 0 Å². The first kappa shape index (κ1) is 25.1. The Labute approximate surface area is 208 Å². The van der Waals surface area contributed by atoms with Gasteiger partial charge in [-0.1, -0.05) is 13.0 Å². The number of carbonyl (C=O) groups excluding carboxylic acids is 2. The summed E-state index contributed by atoms with van der Waals surface area (Å²) < 4.78 is 24.1. The average molecular weight is 497 g/mol. The van der Waals surface area contributed by atoms with Gasteiger partial charge in [-0.15, -0.1) is 10.2 Å². The number of halogens is 1. The molecule has 0 bridgehead atoms. The van der Waals surface area contributed by atoms with Crippen molar-refractivity contribution in [3.05, 3.63) is 53.8 Å². The molecular weight excluding hydrogens is 467 g/mol. The molecule has 0 saturated carbocycles. The van der Waals surface area contributed by atoms with E-state index in [9.17, 15) is 14.0 Å². The van der Waals surface area contributed by atoms with Crippen LogP contribution in [0.3, 0.4) is 0 Å². The molecule has 0 saturated heterocycles. The van der Waals surface area contributed by atoms with Gasteiger partial charge in [-0.2, -0.15) is 4.80 Å². The fraction of sp³-hybridized carbons (Fsp3) is 0.400. The van der Waals surface area contributed by atoms with Crippen molar-refractivity contribution >= 4 is 11.8 Å². The molecule has 11 heteroatoms. The largest absolute Gasteiger partial charge is 0.454 e. The van der Waals surface area contributed by atoms with E-state index in [2.05, 4.69) is 20.7 Å². The van der Waals surface area contributed by atoms with Gasteiger partial charge >= 0.3 is 0 Å². The lowest BCUT2D eigenvalue weighted by atomic mass is 10.1. The van der Waals surface area contributed by atoms with Crippen molar-refractivity contribution in [3.8, 4) is 22.9 Å². The van der Waals surface area contributed by atoms with Gasteiger partial charge in [0.2, 0.25) is 24.4 Å². The predicted octanol–water partition coefficient (Wildman–Crippen LogP) is 2.93. The van der Waals surface area contributed by atoms with E-state index < -0.39 is 11.6 Å². The fourth-order valence-electron chi connectivity index (χ4n) is 3.84. The molecule has 0 radical (unpaired) electrons. The zero-order valence-electron chi connectivity index (χ0n) is 20.7. The zero-order chi connectivity index (χ0) is 25.9. The van der Waals surface area contributed by atoms with E-state index in [1.165, 1.54) is 34.0 Å². The molecule has 10 nitrogen and oxygen atoms in total. The Morgan fingerprint density at radius 3 is 2.56 bits per heavy atom. The molecule has 1 atom stereocenters. The standard InChI is InChI=1S/C25H29FN6O4/c1-5-19(24(34)27-25(2,3)4)31(13-16-6-11-20-21(12-16)36-15-35-20)22(33)14-32-29-23(28-30-32)17-7-9-18(26)10-8-17/h6-12,19H,5,13-15H2,1-4H3,(H,27,34)/t19-/m1/s1. The number of benzene rings is 2. The maximum Gasteiger partial charge on any atom is 0.247 e. The van der Waals surface area contributed by atoms with Crippen LogP contribution in [-0.2, 0) is 22.7 Å². The maximum atomic E-state index is 13.5. The van der Waals surface area contributed by atoms with Crippen LogP contribution in [0.2, 0.25) is 0 Å². The number of carbonyl (C=O) groups is 2. The van der Waals surface area contributed by atoms with Gasteiger partial charge in [0.15, 0.2) is 11.5 Å². The molecule has 1 aromatic heterocycles. The quantitative estimate of drug-likeness (QED) is 0.510. The SMILES string of the molecule is CC[C@H](C(=O)NC(C)(C)C)N(Cc1ccc2c(c1)OCO2)C(=O)Cn1nnc(-c2ccc(F)cc2)n1. The Balaban J connectivity index is 1.57. The van der Waals surface area contributed by atoms with Crippen LogP contribution in [0.5, 0.6) is 11.5 Å². The molecule has 1 aliphatic heterocycles. The lowest BCUT2D eigenvalue weighted by Crippen LogP contribution is -2.54. The van der Waals surface area contributed by atoms with Crippen LogP contribution in [0.15, 0.2) is 42.5 Å². The summed E-state index contributed by atoms with van der Waals surface area (Å²) in [4.78, 5) is 29.4. The zero-order valence-corrected chi connectivity index (χ0v) is 20.7. The summed E-state index contributed by atoms with van der Waals surface area (Å²) in [5.41, 5.74) is 0.895. The van der Waals surface area contributed by atoms with Crippen molar-refractivity contribution in [2.75, 3.05) is 6.79 Å². The molecular formula is C25H29FN6O4. The summed E-state index contributed by atoms with van der Waals surface area (Å²) in [6, 6.07) is 10.4. The Hall–Kier alpha value is -4.02. The molecule has 190 valence electrons. The van der Waals surface area contributed by atoms with E-state index in [-0.39, 0.29) is 43.3 Å². The van der Waals surface area contributed by atoms with Gasteiger partial charge in [0.1, 0.15) is 18.4 Å². The second kappa shape index (κ2) is 10.3. The van der Waals surface area contributed by atoms with Gasteiger partial charge in [-0.25, -0.2) is 4.39 Å². The number of hydrogen-bond acceptors (Lipinski definition) is 7. The molecule has 0 unspecified atom stereocenters. The Morgan fingerprint density at radius 1 is 1.14 bits per heavy atom. The highest BCUT2D eigenvalue weighted by molar-refractivity contribution is 5.88. The molecule has 0 spiro atoms. The molecule has 3 aromatic rings. The smallest absolute Gasteiger partial charge is 0.247 e. The van der Waals surface area contributed by atoms with Crippen molar-refractivity contribution < 1.29 is 23.5 Å². The first-order valence-electron chi connectivity index (χ1n) is 11.7.